The van der Waals surface area contributed by atoms with Gasteiger partial charge in [0.15, 0.2) is 0 Å². The van der Waals surface area contributed by atoms with Gasteiger partial charge in [-0.15, -0.1) is 0 Å². The summed E-state index contributed by atoms with van der Waals surface area (Å²) in [4.78, 5) is 0. The van der Waals surface area contributed by atoms with E-state index >= 15 is 0 Å². The number of rotatable bonds is 4. The van der Waals surface area contributed by atoms with Crippen molar-refractivity contribution in [2.45, 2.75) is 20.8 Å². The zero-order valence-electron chi connectivity index (χ0n) is 8.80. The van der Waals surface area contributed by atoms with Gasteiger partial charge in [0.2, 0.25) is 0 Å². The van der Waals surface area contributed by atoms with Crippen LogP contribution in [-0.4, -0.2) is 0 Å². The van der Waals surface area contributed by atoms with Crippen molar-refractivity contribution < 1.29 is 0 Å². The molecule has 0 spiro atoms. The van der Waals surface area contributed by atoms with Crippen molar-refractivity contribution >= 4 is 0 Å². The van der Waals surface area contributed by atoms with Crippen molar-refractivity contribution in [2.75, 3.05) is 0 Å². The second-order valence-electron chi connectivity index (χ2n) is 3.09. The summed E-state index contributed by atoms with van der Waals surface area (Å²) < 4.78 is 0. The van der Waals surface area contributed by atoms with Crippen LogP contribution in [0.3, 0.4) is 0 Å². The van der Waals surface area contributed by atoms with E-state index in [0.29, 0.717) is 0 Å². The molecule has 0 aliphatic heterocycles. The smallest absolute Gasteiger partial charge is 0.0241 e. The molecule has 0 aliphatic rings. The molecule has 0 unspecified atom stereocenters. The first-order chi connectivity index (χ1) is 6.13. The molecule has 0 rings (SSSR count). The van der Waals surface area contributed by atoms with E-state index in [-0.39, 0.29) is 0 Å². The van der Waals surface area contributed by atoms with Crippen molar-refractivity contribution in [1.82, 2.24) is 0 Å². The van der Waals surface area contributed by atoms with Crippen LogP contribution in [0.1, 0.15) is 20.8 Å². The Balaban J connectivity index is 4.95. The molecule has 0 saturated carbocycles. The van der Waals surface area contributed by atoms with Crippen LogP contribution in [0, 0.1) is 0 Å². The third kappa shape index (κ3) is 4.32. The highest BCUT2D eigenvalue weighted by molar-refractivity contribution is 5.43. The Hall–Kier alpha value is -1.30. The van der Waals surface area contributed by atoms with E-state index in [1.54, 1.807) is 12.2 Å². The van der Waals surface area contributed by atoms with E-state index in [0.717, 1.165) is 0 Å². The van der Waals surface area contributed by atoms with E-state index in [2.05, 4.69) is 40.0 Å². The lowest BCUT2D eigenvalue weighted by Gasteiger charge is -2.04. The van der Waals surface area contributed by atoms with E-state index in [4.69, 9.17) is 0 Å². The molecule has 13 heavy (non-hydrogen) atoms. The van der Waals surface area contributed by atoms with Gasteiger partial charge in [0, 0.05) is 0 Å². The first-order valence-electron chi connectivity index (χ1n) is 4.39. The van der Waals surface area contributed by atoms with Gasteiger partial charge in [-0.2, -0.15) is 0 Å². The van der Waals surface area contributed by atoms with Gasteiger partial charge in [-0.05, 0) is 31.9 Å². The quantitative estimate of drug-likeness (QED) is 0.560. The molecule has 0 aromatic heterocycles. The van der Waals surface area contributed by atoms with Gasteiger partial charge >= 0.3 is 0 Å². The Morgan fingerprint density at radius 2 is 1.62 bits per heavy atom. The van der Waals surface area contributed by atoms with Gasteiger partial charge in [-0.25, -0.2) is 0 Å². The van der Waals surface area contributed by atoms with E-state index < -0.39 is 0 Å². The maximum Gasteiger partial charge on any atom is -0.0241 e. The molecule has 0 saturated heterocycles. The summed E-state index contributed by atoms with van der Waals surface area (Å²) in [6.07, 6.45) is 9.61. The molecule has 0 aromatic rings. The fourth-order valence-electron chi connectivity index (χ4n) is 1.12. The number of hydrogen-bond donors (Lipinski definition) is 0. The molecule has 0 N–H and O–H groups in total. The van der Waals surface area contributed by atoms with Gasteiger partial charge in [-0.3, -0.25) is 0 Å². The highest BCUT2D eigenvalue weighted by Crippen LogP contribution is 2.15. The third-order valence-corrected chi connectivity index (χ3v) is 1.73. The lowest BCUT2D eigenvalue weighted by Crippen LogP contribution is -1.84. The van der Waals surface area contributed by atoms with Gasteiger partial charge in [-0.1, -0.05) is 49.1 Å². The minimum atomic E-state index is 1.23. The minimum Gasteiger partial charge on any atom is -0.0991 e. The monoisotopic (exact) mass is 174 g/mol. The van der Waals surface area contributed by atoms with Gasteiger partial charge in [0.05, 0.1) is 0 Å². The van der Waals surface area contributed by atoms with Crippen LogP contribution in [0.15, 0.2) is 60.3 Å². The molecule has 0 fully saturated rings. The Morgan fingerprint density at radius 1 is 1.00 bits per heavy atom. The van der Waals surface area contributed by atoms with Crippen molar-refractivity contribution in [2.24, 2.45) is 0 Å². The van der Waals surface area contributed by atoms with E-state index in [9.17, 15) is 0 Å². The molecule has 70 valence electrons. The fraction of sp³-hybridized carbons (Fsp3) is 0.231. The average Bonchev–Trinajstić information content (AvgIpc) is 2.05. The highest BCUT2D eigenvalue weighted by atomic mass is 14.0. The lowest BCUT2D eigenvalue weighted by molar-refractivity contribution is 1.28. The number of allylic oxidation sites excluding steroid dienone is 8. The van der Waals surface area contributed by atoms with Crippen molar-refractivity contribution in [3.8, 4) is 0 Å². The molecule has 0 heterocycles. The first kappa shape index (κ1) is 11.7. The van der Waals surface area contributed by atoms with E-state index in [1.807, 2.05) is 12.2 Å². The van der Waals surface area contributed by atoms with Crippen LogP contribution in [0.5, 0.6) is 0 Å². The van der Waals surface area contributed by atoms with Crippen LogP contribution >= 0.6 is 0 Å². The van der Waals surface area contributed by atoms with Crippen molar-refractivity contribution in [3.05, 3.63) is 60.3 Å². The average molecular weight is 174 g/mol. The zero-order valence-corrected chi connectivity index (χ0v) is 8.80. The predicted octanol–water partition coefficient (Wildman–Crippen LogP) is 4.20. The summed E-state index contributed by atoms with van der Waals surface area (Å²) in [5.74, 6) is 0. The van der Waals surface area contributed by atoms with Gasteiger partial charge in [0.1, 0.15) is 0 Å². The van der Waals surface area contributed by atoms with Crippen molar-refractivity contribution in [1.29, 1.82) is 0 Å². The summed E-state index contributed by atoms with van der Waals surface area (Å²) in [7, 11) is 0. The third-order valence-electron chi connectivity index (χ3n) is 1.73. The fourth-order valence-corrected chi connectivity index (χ4v) is 1.12. The highest BCUT2D eigenvalue weighted by Gasteiger charge is 1.95. The molecule has 0 heteroatoms. The Morgan fingerprint density at radius 3 is 2.00 bits per heavy atom. The van der Waals surface area contributed by atoms with Crippen LogP contribution < -0.4 is 0 Å². The predicted molar refractivity (Wildman–Crippen MR) is 61.7 cm³/mol. The minimum absolute atomic E-state index is 1.23. The summed E-state index contributed by atoms with van der Waals surface area (Å²) in [5.41, 5.74) is 3.78. The number of hydrogen-bond acceptors (Lipinski definition) is 0. The summed E-state index contributed by atoms with van der Waals surface area (Å²) in [6.45, 7) is 13.6. The van der Waals surface area contributed by atoms with Gasteiger partial charge < -0.3 is 0 Å². The second kappa shape index (κ2) is 6.24. The first-order valence-corrected chi connectivity index (χ1v) is 4.39. The second-order valence-corrected chi connectivity index (χ2v) is 3.09. The standard InChI is InChI=1S/C13H18/c1-6-8-10-13(11(3)4)12(5)9-7-2/h6-10H,1-2H2,3-5H3/b10-8-,12-9-. The molecular formula is C13H18. The zero-order chi connectivity index (χ0) is 10.3. The lowest BCUT2D eigenvalue weighted by atomic mass is 10.0. The Labute approximate surface area is 81.7 Å². The molecule has 0 bridgehead atoms. The summed E-state index contributed by atoms with van der Waals surface area (Å²) in [5, 5.41) is 0. The SMILES string of the molecule is C=C/C=C\C(=C(C)C)/C(C)=C\C=C. The largest absolute Gasteiger partial charge is 0.0991 e. The molecular weight excluding hydrogens is 156 g/mol. The molecule has 0 aromatic carbocycles. The maximum atomic E-state index is 3.68. The summed E-state index contributed by atoms with van der Waals surface area (Å²) >= 11 is 0. The van der Waals surface area contributed by atoms with Crippen LogP contribution in [0.2, 0.25) is 0 Å². The topological polar surface area (TPSA) is 0 Å². The normalized spacial score (nSPS) is 11.5. The van der Waals surface area contributed by atoms with Gasteiger partial charge in [0.25, 0.3) is 0 Å². The van der Waals surface area contributed by atoms with Crippen LogP contribution in [-0.2, 0) is 0 Å². The van der Waals surface area contributed by atoms with Crippen LogP contribution in [0.4, 0.5) is 0 Å². The maximum absolute atomic E-state index is 3.68. The molecule has 0 radical (unpaired) electrons. The molecule has 0 aliphatic carbocycles. The van der Waals surface area contributed by atoms with Crippen molar-refractivity contribution in [3.63, 3.8) is 0 Å². The molecule has 0 nitrogen and oxygen atoms in total. The Bertz CT molecular complexity index is 268. The Kier molecular flexibility index (Phi) is 5.62. The summed E-state index contributed by atoms with van der Waals surface area (Å²) in [6, 6.07) is 0. The van der Waals surface area contributed by atoms with E-state index in [1.165, 1.54) is 16.7 Å². The van der Waals surface area contributed by atoms with Crippen LogP contribution in [0.25, 0.3) is 0 Å². The molecule has 0 atom stereocenters. The molecule has 0 amide bonds.